The van der Waals surface area contributed by atoms with Crippen molar-refractivity contribution in [1.29, 1.82) is 0 Å². The molecule has 184 valence electrons. The van der Waals surface area contributed by atoms with Crippen LogP contribution in [0.4, 0.5) is 5.82 Å². The number of hydrogen-bond acceptors (Lipinski definition) is 4. The molecule has 1 aliphatic carbocycles. The molecule has 0 bridgehead atoms. The summed E-state index contributed by atoms with van der Waals surface area (Å²) in [6, 6.07) is 17.8. The van der Waals surface area contributed by atoms with Crippen LogP contribution in [0.15, 0.2) is 67.0 Å². The summed E-state index contributed by atoms with van der Waals surface area (Å²) in [5.41, 5.74) is 11.7. The third kappa shape index (κ3) is 4.71. The number of H-pyrrole nitrogens is 1. The fourth-order valence-electron chi connectivity index (χ4n) is 5.60. The Balaban J connectivity index is 1.15. The van der Waals surface area contributed by atoms with E-state index in [1.54, 1.807) is 6.20 Å². The molecule has 1 fully saturated rings. The number of aromatic nitrogens is 4. The molecule has 2 aromatic carbocycles. The highest BCUT2D eigenvalue weighted by Gasteiger charge is 2.28. The van der Waals surface area contributed by atoms with Crippen LogP contribution in [0.3, 0.4) is 0 Å². The highest BCUT2D eigenvalue weighted by Crippen LogP contribution is 2.38. The average molecular weight is 488 g/mol. The summed E-state index contributed by atoms with van der Waals surface area (Å²) in [6.45, 7) is 0.702. The fraction of sp³-hybridized carbons (Fsp3) is 0.276. The fourth-order valence-corrected chi connectivity index (χ4v) is 5.60. The van der Waals surface area contributed by atoms with Gasteiger partial charge in [-0.2, -0.15) is 0 Å². The molecular weight excluding hydrogens is 459 g/mol. The Morgan fingerprint density at radius 3 is 2.76 bits per heavy atom. The van der Waals surface area contributed by atoms with E-state index < -0.39 is 0 Å². The van der Waals surface area contributed by atoms with E-state index >= 15 is 0 Å². The molecular formula is C29H29BN6O. The highest BCUT2D eigenvalue weighted by molar-refractivity contribution is 6.32. The molecule has 1 saturated carbocycles. The summed E-state index contributed by atoms with van der Waals surface area (Å²) < 4.78 is 2.11. The molecule has 0 spiro atoms. The van der Waals surface area contributed by atoms with Crippen molar-refractivity contribution in [2.24, 2.45) is 5.92 Å². The van der Waals surface area contributed by atoms with Gasteiger partial charge in [0.15, 0.2) is 0 Å². The van der Waals surface area contributed by atoms with Gasteiger partial charge in [0.05, 0.1) is 12.1 Å². The molecule has 0 saturated heterocycles. The number of aromatic amines is 1. The molecule has 0 unspecified atom stereocenters. The van der Waals surface area contributed by atoms with Crippen LogP contribution in [-0.2, 0) is 11.2 Å². The lowest BCUT2D eigenvalue weighted by atomic mass is 9.81. The first-order valence-electron chi connectivity index (χ1n) is 12.9. The number of nitrogen functional groups attached to an aromatic ring is 1. The monoisotopic (exact) mass is 488 g/mol. The molecule has 1 aliphatic rings. The molecule has 0 atom stereocenters. The van der Waals surface area contributed by atoms with Crippen LogP contribution < -0.4 is 16.5 Å². The smallest absolute Gasteiger partial charge is 0.224 e. The number of para-hydroxylation sites is 1. The molecule has 37 heavy (non-hydrogen) atoms. The van der Waals surface area contributed by atoms with E-state index in [-0.39, 0.29) is 5.91 Å². The number of nitrogens with one attached hydrogen (secondary N) is 2. The summed E-state index contributed by atoms with van der Waals surface area (Å²) in [4.78, 5) is 25.4. The Morgan fingerprint density at radius 2 is 1.95 bits per heavy atom. The molecule has 4 N–H and O–H groups in total. The van der Waals surface area contributed by atoms with Gasteiger partial charge in [-0.25, -0.2) is 9.97 Å². The lowest BCUT2D eigenvalue weighted by Crippen LogP contribution is -2.32. The molecule has 8 heteroatoms. The Bertz CT molecular complexity index is 1550. The Hall–Kier alpha value is -4.07. The molecule has 1 amide bonds. The molecule has 2 radical (unpaired) electrons. The summed E-state index contributed by atoms with van der Waals surface area (Å²) in [5.74, 6) is 2.34. The second-order valence-corrected chi connectivity index (χ2v) is 10.1. The minimum Gasteiger partial charge on any atom is -0.382 e. The normalized spacial score (nSPS) is 17.8. The van der Waals surface area contributed by atoms with Crippen molar-refractivity contribution < 1.29 is 4.79 Å². The molecule has 3 aromatic heterocycles. The molecule has 0 aliphatic heterocycles. The number of fused-ring (bicyclic) bond motifs is 2. The van der Waals surface area contributed by atoms with Gasteiger partial charge in [0.2, 0.25) is 5.91 Å². The van der Waals surface area contributed by atoms with E-state index in [4.69, 9.17) is 18.6 Å². The van der Waals surface area contributed by atoms with Crippen LogP contribution in [0.5, 0.6) is 0 Å². The third-order valence-electron chi connectivity index (χ3n) is 7.51. The second-order valence-electron chi connectivity index (χ2n) is 10.1. The molecule has 3 heterocycles. The van der Waals surface area contributed by atoms with Crippen LogP contribution in [0.2, 0.25) is 0 Å². The SMILES string of the molecule is [B]c1cccc(CC(=O)NCC2CCC(c3nc(-c4cc5ccccc5[nH]4)c4c(N)nccn34)CC2)c1. The topological polar surface area (TPSA) is 101 Å². The first-order valence-corrected chi connectivity index (χ1v) is 12.9. The zero-order valence-electron chi connectivity index (χ0n) is 20.7. The zero-order chi connectivity index (χ0) is 25.4. The average Bonchev–Trinajstić information content (AvgIpc) is 3.50. The minimum atomic E-state index is 0.0397. The van der Waals surface area contributed by atoms with E-state index in [0.29, 0.717) is 36.1 Å². The van der Waals surface area contributed by atoms with Gasteiger partial charge in [0, 0.05) is 35.8 Å². The quantitative estimate of drug-likeness (QED) is 0.316. The van der Waals surface area contributed by atoms with Crippen LogP contribution in [-0.4, -0.2) is 39.7 Å². The third-order valence-corrected chi connectivity index (χ3v) is 7.51. The summed E-state index contributed by atoms with van der Waals surface area (Å²) in [6.07, 6.45) is 8.17. The number of imidazole rings is 1. The first kappa shape index (κ1) is 23.3. The largest absolute Gasteiger partial charge is 0.382 e. The van der Waals surface area contributed by atoms with Gasteiger partial charge >= 0.3 is 0 Å². The molecule has 6 rings (SSSR count). The number of carbonyl (C=O) groups excluding carboxylic acids is 1. The van der Waals surface area contributed by atoms with E-state index in [1.807, 2.05) is 42.6 Å². The van der Waals surface area contributed by atoms with Crippen LogP contribution in [0.25, 0.3) is 27.8 Å². The van der Waals surface area contributed by atoms with Crippen molar-refractivity contribution in [2.45, 2.75) is 38.0 Å². The van der Waals surface area contributed by atoms with Gasteiger partial charge in [-0.15, -0.1) is 0 Å². The lowest BCUT2D eigenvalue weighted by Gasteiger charge is -2.28. The van der Waals surface area contributed by atoms with Crippen LogP contribution >= 0.6 is 0 Å². The lowest BCUT2D eigenvalue weighted by molar-refractivity contribution is -0.120. The van der Waals surface area contributed by atoms with Gasteiger partial charge in [-0.3, -0.25) is 9.20 Å². The van der Waals surface area contributed by atoms with Crippen LogP contribution in [0, 0.1) is 5.92 Å². The summed E-state index contributed by atoms with van der Waals surface area (Å²) in [7, 11) is 5.83. The maximum Gasteiger partial charge on any atom is 0.224 e. The summed E-state index contributed by atoms with van der Waals surface area (Å²) in [5, 5.41) is 4.26. The van der Waals surface area contributed by atoms with Gasteiger partial charge < -0.3 is 16.0 Å². The predicted octanol–water partition coefficient (Wildman–Crippen LogP) is 3.89. The van der Waals surface area contributed by atoms with E-state index in [1.165, 1.54) is 0 Å². The minimum absolute atomic E-state index is 0.0397. The van der Waals surface area contributed by atoms with Crippen molar-refractivity contribution in [1.82, 2.24) is 24.7 Å². The Morgan fingerprint density at radius 1 is 1.11 bits per heavy atom. The van der Waals surface area contributed by atoms with Crippen molar-refractivity contribution in [3.8, 4) is 11.4 Å². The zero-order valence-corrected chi connectivity index (χ0v) is 20.7. The predicted molar refractivity (Wildman–Crippen MR) is 148 cm³/mol. The van der Waals surface area contributed by atoms with E-state index in [9.17, 15) is 4.79 Å². The van der Waals surface area contributed by atoms with Gasteiger partial charge in [0.1, 0.15) is 30.7 Å². The van der Waals surface area contributed by atoms with Crippen molar-refractivity contribution in [2.75, 3.05) is 12.3 Å². The number of benzene rings is 2. The number of anilines is 1. The number of carbonyl (C=O) groups is 1. The maximum atomic E-state index is 12.4. The summed E-state index contributed by atoms with van der Waals surface area (Å²) >= 11 is 0. The van der Waals surface area contributed by atoms with E-state index in [0.717, 1.165) is 64.9 Å². The maximum absolute atomic E-state index is 12.4. The number of nitrogens with zero attached hydrogens (tertiary/aromatic N) is 3. The Kier molecular flexibility index (Phi) is 6.16. The van der Waals surface area contributed by atoms with Crippen molar-refractivity contribution in [3.63, 3.8) is 0 Å². The highest BCUT2D eigenvalue weighted by atomic mass is 16.1. The van der Waals surface area contributed by atoms with E-state index in [2.05, 4.69) is 37.9 Å². The Labute approximate surface area is 216 Å². The van der Waals surface area contributed by atoms with Crippen LogP contribution in [0.1, 0.15) is 43.0 Å². The van der Waals surface area contributed by atoms with Crippen molar-refractivity contribution in [3.05, 3.63) is 78.4 Å². The molecule has 7 nitrogen and oxygen atoms in total. The number of nitrogens with two attached hydrogens (primary N) is 1. The van der Waals surface area contributed by atoms with Gasteiger partial charge in [-0.05, 0) is 49.3 Å². The standard InChI is InChI=1S/C29H29BN6O/c30-22-6-3-4-19(14-22)15-25(37)33-17-18-8-10-20(11-9-18)29-35-26(27-28(31)32-12-13-36(27)29)24-16-21-5-1-2-7-23(21)34-24/h1-7,12-14,16,18,20,34H,8-11,15,17H2,(H2,31,32)(H,33,37). The van der Waals surface area contributed by atoms with Gasteiger partial charge in [-0.1, -0.05) is 47.9 Å². The molecule has 5 aromatic rings. The van der Waals surface area contributed by atoms with Crippen molar-refractivity contribution >= 4 is 41.5 Å². The number of hydrogen-bond donors (Lipinski definition) is 3. The van der Waals surface area contributed by atoms with Gasteiger partial charge in [0.25, 0.3) is 0 Å². The number of rotatable bonds is 6. The second kappa shape index (κ2) is 9.77. The number of amides is 1. The first-order chi connectivity index (χ1) is 18.0.